The minimum absolute atomic E-state index is 0.00895. The number of carbonyl (C=O) groups is 2. The molecule has 176 valence electrons. The Morgan fingerprint density at radius 3 is 2.36 bits per heavy atom. The van der Waals surface area contributed by atoms with E-state index in [9.17, 15) is 9.59 Å². The molecule has 0 aliphatic rings. The van der Waals surface area contributed by atoms with E-state index in [1.807, 2.05) is 50.4 Å². The maximum atomic E-state index is 13.3. The fraction of sp³-hybridized carbons (Fsp3) is 0.407. The minimum atomic E-state index is -0.881. The number of benzene rings is 2. The maximum absolute atomic E-state index is 13.3. The lowest BCUT2D eigenvalue weighted by Gasteiger charge is -2.11. The first kappa shape index (κ1) is 25.3. The zero-order valence-electron chi connectivity index (χ0n) is 19.2. The Hall–Kier alpha value is -2.30. The topological polar surface area (TPSA) is 59.3 Å². The number of rotatable bonds is 12. The molecule has 3 rings (SSSR count). The molecule has 1 aromatic heterocycles. The summed E-state index contributed by atoms with van der Waals surface area (Å²) in [6, 6.07) is 13.6. The molecule has 0 aliphatic heterocycles. The van der Waals surface area contributed by atoms with Gasteiger partial charge in [-0.2, -0.15) is 0 Å². The van der Waals surface area contributed by atoms with Gasteiger partial charge in [-0.3, -0.25) is 9.59 Å². The Labute approximate surface area is 205 Å². The van der Waals surface area contributed by atoms with E-state index in [1.54, 1.807) is 0 Å². The molecule has 0 aliphatic carbocycles. The number of hydrogen-bond donors (Lipinski definition) is 1. The molecule has 0 saturated carbocycles. The van der Waals surface area contributed by atoms with Gasteiger partial charge in [0.1, 0.15) is 0 Å². The molecule has 4 nitrogen and oxygen atoms in total. The van der Waals surface area contributed by atoms with Crippen LogP contribution in [0.15, 0.2) is 42.5 Å². The number of ketones is 1. The number of aryl methyl sites for hydroxylation is 2. The summed E-state index contributed by atoms with van der Waals surface area (Å²) in [5.74, 6) is -1.11. The summed E-state index contributed by atoms with van der Waals surface area (Å²) in [5, 5.41) is 11.3. The van der Waals surface area contributed by atoms with Crippen LogP contribution in [0.25, 0.3) is 10.9 Å². The third-order valence-corrected chi connectivity index (χ3v) is 6.79. The van der Waals surface area contributed by atoms with E-state index >= 15 is 0 Å². The maximum Gasteiger partial charge on any atom is 0.303 e. The zero-order chi connectivity index (χ0) is 24.0. The van der Waals surface area contributed by atoms with Gasteiger partial charge in [0.25, 0.3) is 0 Å². The highest BCUT2D eigenvalue weighted by Crippen LogP contribution is 2.31. The van der Waals surface area contributed by atoms with Crippen molar-refractivity contribution in [2.24, 2.45) is 13.0 Å². The molecule has 0 bridgehead atoms. The number of carboxylic acid groups (broad SMARTS) is 1. The van der Waals surface area contributed by atoms with Crippen molar-refractivity contribution in [3.05, 3.63) is 69.3 Å². The van der Waals surface area contributed by atoms with E-state index in [-0.39, 0.29) is 24.5 Å². The SMILES string of the molecule is C[C@H](CC(=O)O)CC(=O)c1c(CCCCCCc2ccccc2Cl)n(C)c2ccc(Cl)cc12. The monoisotopic (exact) mass is 487 g/mol. The highest BCUT2D eigenvalue weighted by Gasteiger charge is 2.23. The lowest BCUT2D eigenvalue weighted by molar-refractivity contribution is -0.137. The van der Waals surface area contributed by atoms with Crippen LogP contribution in [0.2, 0.25) is 10.0 Å². The van der Waals surface area contributed by atoms with Crippen LogP contribution >= 0.6 is 23.2 Å². The average Bonchev–Trinajstić information content (AvgIpc) is 3.02. The number of aliphatic carboxylic acids is 1. The van der Waals surface area contributed by atoms with Gasteiger partial charge >= 0.3 is 5.97 Å². The van der Waals surface area contributed by atoms with Crippen LogP contribution in [-0.4, -0.2) is 21.4 Å². The standard InChI is InChI=1S/C27H31Cl2NO3/c1-18(16-26(32)33)15-25(31)27-21-17-20(28)13-14-23(21)30(2)24(27)12-6-4-3-5-9-19-10-7-8-11-22(19)29/h7-8,10-11,13-14,17-18H,3-6,9,12,15-16H2,1-2H3,(H,32,33)/t18-/m0/s1. The van der Waals surface area contributed by atoms with E-state index in [0.29, 0.717) is 10.6 Å². The highest BCUT2D eigenvalue weighted by molar-refractivity contribution is 6.31. The zero-order valence-corrected chi connectivity index (χ0v) is 20.8. The number of hydrogen-bond acceptors (Lipinski definition) is 2. The number of aromatic nitrogens is 1. The summed E-state index contributed by atoms with van der Waals surface area (Å²) >= 11 is 12.5. The van der Waals surface area contributed by atoms with Crippen LogP contribution in [0.5, 0.6) is 0 Å². The van der Waals surface area contributed by atoms with Crippen molar-refractivity contribution in [2.45, 2.75) is 58.3 Å². The van der Waals surface area contributed by atoms with Gasteiger partial charge < -0.3 is 9.67 Å². The lowest BCUT2D eigenvalue weighted by Crippen LogP contribution is -2.12. The summed E-state index contributed by atoms with van der Waals surface area (Å²) in [6.07, 6.45) is 6.18. The number of halogens is 2. The Bertz CT molecular complexity index is 1140. The van der Waals surface area contributed by atoms with Crippen molar-refractivity contribution in [2.75, 3.05) is 0 Å². The summed E-state index contributed by atoms with van der Waals surface area (Å²) in [6.45, 7) is 1.81. The molecule has 1 N–H and O–H groups in total. The third kappa shape index (κ3) is 6.61. The van der Waals surface area contributed by atoms with Gasteiger partial charge in [-0.05, 0) is 61.4 Å². The first-order chi connectivity index (χ1) is 15.8. The van der Waals surface area contributed by atoms with Gasteiger partial charge in [0, 0.05) is 52.1 Å². The van der Waals surface area contributed by atoms with E-state index < -0.39 is 5.97 Å². The van der Waals surface area contributed by atoms with Crippen LogP contribution in [0.4, 0.5) is 0 Å². The summed E-state index contributed by atoms with van der Waals surface area (Å²) in [5.41, 5.74) is 3.87. The fourth-order valence-corrected chi connectivity index (χ4v) is 4.93. The van der Waals surface area contributed by atoms with Crippen molar-refractivity contribution in [3.8, 4) is 0 Å². The quantitative estimate of drug-likeness (QED) is 0.212. The summed E-state index contributed by atoms with van der Waals surface area (Å²) in [4.78, 5) is 24.3. The molecular formula is C27H31Cl2NO3. The number of Topliss-reactive ketones (excluding diaryl/α,β-unsaturated/α-hetero) is 1. The number of fused-ring (bicyclic) bond motifs is 1. The van der Waals surface area contributed by atoms with E-state index in [0.717, 1.165) is 60.1 Å². The second kappa shape index (κ2) is 11.7. The number of carboxylic acids is 1. The number of carbonyl (C=O) groups excluding carboxylic acids is 1. The predicted octanol–water partition coefficient (Wildman–Crippen LogP) is 7.51. The van der Waals surface area contributed by atoms with Crippen LogP contribution < -0.4 is 0 Å². The van der Waals surface area contributed by atoms with Crippen molar-refractivity contribution in [1.82, 2.24) is 4.57 Å². The third-order valence-electron chi connectivity index (χ3n) is 6.19. The second-order valence-electron chi connectivity index (χ2n) is 8.88. The molecule has 1 heterocycles. The fourth-order valence-electron chi connectivity index (χ4n) is 4.52. The first-order valence-electron chi connectivity index (χ1n) is 11.5. The van der Waals surface area contributed by atoms with Gasteiger partial charge in [-0.1, -0.05) is 61.2 Å². The van der Waals surface area contributed by atoms with Gasteiger partial charge in [0.15, 0.2) is 5.78 Å². The molecule has 3 aromatic rings. The smallest absolute Gasteiger partial charge is 0.303 e. The Balaban J connectivity index is 1.68. The van der Waals surface area contributed by atoms with Crippen LogP contribution in [0, 0.1) is 5.92 Å². The van der Waals surface area contributed by atoms with Crippen molar-refractivity contribution in [1.29, 1.82) is 0 Å². The molecule has 0 unspecified atom stereocenters. The summed E-state index contributed by atoms with van der Waals surface area (Å²) in [7, 11) is 1.99. The second-order valence-corrected chi connectivity index (χ2v) is 9.72. The molecule has 0 amide bonds. The molecule has 0 fully saturated rings. The van der Waals surface area contributed by atoms with E-state index in [1.165, 1.54) is 5.56 Å². The molecule has 0 spiro atoms. The highest BCUT2D eigenvalue weighted by atomic mass is 35.5. The van der Waals surface area contributed by atoms with Crippen molar-refractivity contribution < 1.29 is 14.7 Å². The minimum Gasteiger partial charge on any atom is -0.481 e. The average molecular weight is 488 g/mol. The predicted molar refractivity (Wildman–Crippen MR) is 136 cm³/mol. The van der Waals surface area contributed by atoms with Crippen LogP contribution in [0.3, 0.4) is 0 Å². The molecule has 2 aromatic carbocycles. The van der Waals surface area contributed by atoms with Crippen LogP contribution in [0.1, 0.15) is 67.1 Å². The largest absolute Gasteiger partial charge is 0.481 e. The molecular weight excluding hydrogens is 457 g/mol. The van der Waals surface area contributed by atoms with Gasteiger partial charge in [-0.25, -0.2) is 0 Å². The Morgan fingerprint density at radius 2 is 1.67 bits per heavy atom. The summed E-state index contributed by atoms with van der Waals surface area (Å²) < 4.78 is 2.09. The van der Waals surface area contributed by atoms with Gasteiger partial charge in [0.2, 0.25) is 0 Å². The number of unbranched alkanes of at least 4 members (excludes halogenated alkanes) is 3. The Kier molecular flexibility index (Phi) is 8.99. The molecule has 1 atom stereocenters. The van der Waals surface area contributed by atoms with Crippen LogP contribution in [-0.2, 0) is 24.7 Å². The first-order valence-corrected chi connectivity index (χ1v) is 12.3. The lowest BCUT2D eigenvalue weighted by atomic mass is 9.94. The molecule has 6 heteroatoms. The number of nitrogens with zero attached hydrogens (tertiary/aromatic N) is 1. The van der Waals surface area contributed by atoms with E-state index in [4.69, 9.17) is 28.3 Å². The van der Waals surface area contributed by atoms with E-state index in [2.05, 4.69) is 10.6 Å². The van der Waals surface area contributed by atoms with Crippen molar-refractivity contribution in [3.63, 3.8) is 0 Å². The Morgan fingerprint density at radius 1 is 0.970 bits per heavy atom. The van der Waals surface area contributed by atoms with Gasteiger partial charge in [-0.15, -0.1) is 0 Å². The molecule has 33 heavy (non-hydrogen) atoms. The van der Waals surface area contributed by atoms with Gasteiger partial charge in [0.05, 0.1) is 0 Å². The molecule has 0 radical (unpaired) electrons. The van der Waals surface area contributed by atoms with Crippen molar-refractivity contribution >= 4 is 45.9 Å². The normalized spacial score (nSPS) is 12.2. The molecule has 0 saturated heterocycles.